The summed E-state index contributed by atoms with van der Waals surface area (Å²) in [6, 6.07) is 1.41. The summed E-state index contributed by atoms with van der Waals surface area (Å²) in [6.07, 6.45) is -0.0854. The van der Waals surface area contributed by atoms with Crippen molar-refractivity contribution in [1.82, 2.24) is 0 Å². The molecular formula is C8H5Cl4NO. The normalized spacial score (nSPS) is 10.3. The monoisotopic (exact) mass is 271 g/mol. The second kappa shape index (κ2) is 4.58. The molecule has 1 rings (SSSR count). The molecular weight excluding hydrogens is 268 g/mol. The minimum Gasteiger partial charge on any atom is -0.369 e. The predicted molar refractivity (Wildman–Crippen MR) is 59.4 cm³/mol. The third kappa shape index (κ3) is 2.45. The molecule has 1 aromatic carbocycles. The molecule has 14 heavy (non-hydrogen) atoms. The van der Waals surface area contributed by atoms with Crippen LogP contribution in [0, 0.1) is 0 Å². The number of nitrogens with two attached hydrogens (primary N) is 1. The Morgan fingerprint density at radius 1 is 1.14 bits per heavy atom. The van der Waals surface area contributed by atoms with Gasteiger partial charge in [0.15, 0.2) is 0 Å². The molecule has 0 atom stereocenters. The van der Waals surface area contributed by atoms with Gasteiger partial charge in [-0.1, -0.05) is 46.4 Å². The van der Waals surface area contributed by atoms with Gasteiger partial charge in [-0.15, -0.1) is 0 Å². The van der Waals surface area contributed by atoms with Gasteiger partial charge in [-0.3, -0.25) is 4.79 Å². The van der Waals surface area contributed by atoms with Gasteiger partial charge in [-0.2, -0.15) is 0 Å². The first-order valence-corrected chi connectivity index (χ1v) is 5.05. The number of carbonyl (C=O) groups excluding carboxylic acids is 1. The van der Waals surface area contributed by atoms with Crippen LogP contribution in [-0.2, 0) is 11.2 Å². The summed E-state index contributed by atoms with van der Waals surface area (Å²) in [6.45, 7) is 0. The average molecular weight is 273 g/mol. The lowest BCUT2D eigenvalue weighted by Gasteiger charge is -2.08. The molecule has 0 heterocycles. The number of hydrogen-bond acceptors (Lipinski definition) is 1. The van der Waals surface area contributed by atoms with E-state index in [0.29, 0.717) is 5.56 Å². The number of carbonyl (C=O) groups is 1. The van der Waals surface area contributed by atoms with Crippen molar-refractivity contribution in [1.29, 1.82) is 0 Å². The topological polar surface area (TPSA) is 43.1 Å². The molecule has 2 nitrogen and oxygen atoms in total. The highest BCUT2D eigenvalue weighted by molar-refractivity contribution is 6.48. The Kier molecular flexibility index (Phi) is 3.90. The molecule has 0 unspecified atom stereocenters. The molecule has 0 aliphatic heterocycles. The first-order valence-electron chi connectivity index (χ1n) is 3.53. The fourth-order valence-corrected chi connectivity index (χ4v) is 1.93. The highest BCUT2D eigenvalue weighted by Crippen LogP contribution is 2.37. The summed E-state index contributed by atoms with van der Waals surface area (Å²) in [4.78, 5) is 10.7. The van der Waals surface area contributed by atoms with Gasteiger partial charge in [0.2, 0.25) is 5.91 Å². The Hall–Kier alpha value is -0.150. The van der Waals surface area contributed by atoms with Gasteiger partial charge in [0.05, 0.1) is 26.5 Å². The van der Waals surface area contributed by atoms with Crippen molar-refractivity contribution >= 4 is 52.3 Å². The van der Waals surface area contributed by atoms with Crippen molar-refractivity contribution in [3.63, 3.8) is 0 Å². The summed E-state index contributed by atoms with van der Waals surface area (Å²) in [7, 11) is 0. The van der Waals surface area contributed by atoms with E-state index in [9.17, 15) is 4.79 Å². The van der Waals surface area contributed by atoms with Crippen LogP contribution in [0.3, 0.4) is 0 Å². The van der Waals surface area contributed by atoms with Crippen LogP contribution in [0.1, 0.15) is 5.56 Å². The molecule has 0 saturated heterocycles. The average Bonchev–Trinajstić information content (AvgIpc) is 2.09. The summed E-state index contributed by atoms with van der Waals surface area (Å²) in [5.74, 6) is -0.549. The zero-order chi connectivity index (χ0) is 10.9. The Balaban J connectivity index is 3.31. The Morgan fingerprint density at radius 3 is 1.93 bits per heavy atom. The maximum atomic E-state index is 10.7. The molecule has 1 amide bonds. The molecule has 0 bridgehead atoms. The van der Waals surface area contributed by atoms with E-state index in [2.05, 4.69) is 0 Å². The molecule has 0 fully saturated rings. The van der Waals surface area contributed by atoms with Gasteiger partial charge in [0.1, 0.15) is 0 Å². The second-order valence-corrected chi connectivity index (χ2v) is 4.16. The van der Waals surface area contributed by atoms with Crippen molar-refractivity contribution in [2.24, 2.45) is 5.73 Å². The van der Waals surface area contributed by atoms with Crippen LogP contribution in [0.25, 0.3) is 0 Å². The maximum Gasteiger partial charge on any atom is 0.221 e. The van der Waals surface area contributed by atoms with Crippen LogP contribution in [0.4, 0.5) is 0 Å². The number of rotatable bonds is 2. The van der Waals surface area contributed by atoms with Crippen molar-refractivity contribution < 1.29 is 4.79 Å². The lowest BCUT2D eigenvalue weighted by atomic mass is 10.1. The molecule has 1 aromatic rings. The minimum absolute atomic E-state index is 0.0854. The zero-order valence-electron chi connectivity index (χ0n) is 6.78. The van der Waals surface area contributed by atoms with E-state index in [4.69, 9.17) is 52.1 Å². The molecule has 6 heteroatoms. The lowest BCUT2D eigenvalue weighted by molar-refractivity contribution is -0.117. The molecule has 2 N–H and O–H groups in total. The van der Waals surface area contributed by atoms with Gasteiger partial charge in [-0.05, 0) is 6.07 Å². The van der Waals surface area contributed by atoms with Gasteiger partial charge in [-0.25, -0.2) is 0 Å². The largest absolute Gasteiger partial charge is 0.369 e. The molecule has 0 aliphatic rings. The van der Waals surface area contributed by atoms with Crippen molar-refractivity contribution in [2.45, 2.75) is 6.42 Å². The summed E-state index contributed by atoms with van der Waals surface area (Å²) in [5, 5.41) is 0.911. The van der Waals surface area contributed by atoms with Crippen LogP contribution in [0.15, 0.2) is 6.07 Å². The van der Waals surface area contributed by atoms with Crippen LogP contribution in [0.5, 0.6) is 0 Å². The second-order valence-electron chi connectivity index (χ2n) is 2.59. The Morgan fingerprint density at radius 2 is 1.57 bits per heavy atom. The first kappa shape index (κ1) is 11.9. The molecule has 0 aromatic heterocycles. The Bertz CT molecular complexity index is 365. The molecule has 76 valence electrons. The quantitative estimate of drug-likeness (QED) is 0.825. The van der Waals surface area contributed by atoms with Gasteiger partial charge < -0.3 is 5.73 Å². The van der Waals surface area contributed by atoms with Gasteiger partial charge in [0, 0.05) is 5.56 Å². The fourth-order valence-electron chi connectivity index (χ4n) is 0.952. The van der Waals surface area contributed by atoms with Gasteiger partial charge in [0.25, 0.3) is 0 Å². The molecule has 0 spiro atoms. The number of amides is 1. The standard InChI is InChI=1S/C8H5Cl4NO/c9-4-2-5(10)8(12)3(7(4)11)1-6(13)14/h2H,1H2,(H2,13,14). The van der Waals surface area contributed by atoms with E-state index in [0.717, 1.165) is 0 Å². The van der Waals surface area contributed by atoms with E-state index in [1.165, 1.54) is 6.07 Å². The zero-order valence-corrected chi connectivity index (χ0v) is 9.81. The fraction of sp³-hybridized carbons (Fsp3) is 0.125. The lowest BCUT2D eigenvalue weighted by Crippen LogP contribution is -2.14. The van der Waals surface area contributed by atoms with Crippen molar-refractivity contribution in [2.75, 3.05) is 0 Å². The maximum absolute atomic E-state index is 10.7. The predicted octanol–water partition coefficient (Wildman–Crippen LogP) is 3.33. The van der Waals surface area contributed by atoms with Crippen molar-refractivity contribution in [3.05, 3.63) is 31.7 Å². The number of benzene rings is 1. The molecule has 0 saturated carbocycles. The number of primary amides is 1. The molecule has 0 aliphatic carbocycles. The minimum atomic E-state index is -0.549. The summed E-state index contributed by atoms with van der Waals surface area (Å²) < 4.78 is 0. The number of halogens is 4. The summed E-state index contributed by atoms with van der Waals surface area (Å²) in [5.41, 5.74) is 5.38. The van der Waals surface area contributed by atoms with Crippen LogP contribution < -0.4 is 5.73 Å². The van der Waals surface area contributed by atoms with Crippen LogP contribution in [-0.4, -0.2) is 5.91 Å². The third-order valence-electron chi connectivity index (χ3n) is 1.55. The third-order valence-corrected chi connectivity index (χ3v) is 3.21. The van der Waals surface area contributed by atoms with E-state index < -0.39 is 5.91 Å². The SMILES string of the molecule is NC(=O)Cc1c(Cl)c(Cl)cc(Cl)c1Cl. The highest BCUT2D eigenvalue weighted by Gasteiger charge is 2.15. The first-order chi connectivity index (χ1) is 6.43. The van der Waals surface area contributed by atoms with E-state index in [1.807, 2.05) is 0 Å². The highest BCUT2D eigenvalue weighted by atomic mass is 35.5. The Labute approximate surface area is 101 Å². The van der Waals surface area contributed by atoms with E-state index in [-0.39, 0.29) is 26.5 Å². The van der Waals surface area contributed by atoms with Gasteiger partial charge >= 0.3 is 0 Å². The van der Waals surface area contributed by atoms with Crippen LogP contribution in [0.2, 0.25) is 20.1 Å². The molecule has 0 radical (unpaired) electrons. The van der Waals surface area contributed by atoms with Crippen LogP contribution >= 0.6 is 46.4 Å². The van der Waals surface area contributed by atoms with Crippen molar-refractivity contribution in [3.8, 4) is 0 Å². The summed E-state index contributed by atoms with van der Waals surface area (Å²) >= 11 is 23.2. The number of hydrogen-bond donors (Lipinski definition) is 1. The van der Waals surface area contributed by atoms with E-state index >= 15 is 0 Å². The smallest absolute Gasteiger partial charge is 0.221 e. The van der Waals surface area contributed by atoms with E-state index in [1.54, 1.807) is 0 Å².